The molecule has 0 aliphatic carbocycles. The maximum atomic E-state index is 4.69. The number of rotatable bonds is 5. The summed E-state index contributed by atoms with van der Waals surface area (Å²) in [5, 5.41) is 3.51. The van der Waals surface area contributed by atoms with Gasteiger partial charge in [-0.15, -0.1) is 0 Å². The van der Waals surface area contributed by atoms with Crippen LogP contribution < -0.4 is 10.2 Å². The summed E-state index contributed by atoms with van der Waals surface area (Å²) in [6.07, 6.45) is 0. The van der Waals surface area contributed by atoms with Gasteiger partial charge in [0.05, 0.1) is 0 Å². The Morgan fingerprint density at radius 1 is 1.32 bits per heavy atom. The number of anilines is 1. The molecule has 3 nitrogen and oxygen atoms in total. The SMILES string of the molecule is Cc1cc(CNCC(C)C)cc(N2CCSCC2)n1. The van der Waals surface area contributed by atoms with Gasteiger partial charge in [0.25, 0.3) is 0 Å². The van der Waals surface area contributed by atoms with Gasteiger partial charge in [-0.25, -0.2) is 4.98 Å². The summed E-state index contributed by atoms with van der Waals surface area (Å²) in [6, 6.07) is 4.44. The van der Waals surface area contributed by atoms with E-state index < -0.39 is 0 Å². The average Bonchev–Trinajstić information content (AvgIpc) is 2.39. The second kappa shape index (κ2) is 7.15. The van der Waals surface area contributed by atoms with E-state index in [0.29, 0.717) is 5.92 Å². The number of aromatic nitrogens is 1. The molecule has 0 spiro atoms. The molecule has 1 aromatic rings. The van der Waals surface area contributed by atoms with Gasteiger partial charge in [-0.1, -0.05) is 13.8 Å². The van der Waals surface area contributed by atoms with Gasteiger partial charge in [0.15, 0.2) is 0 Å². The molecular formula is C15H25N3S. The second-order valence-corrected chi connectivity index (χ2v) is 6.82. The van der Waals surface area contributed by atoms with E-state index >= 15 is 0 Å². The molecule has 1 aliphatic rings. The summed E-state index contributed by atoms with van der Waals surface area (Å²) in [7, 11) is 0. The molecule has 0 bridgehead atoms. The number of pyridine rings is 1. The quantitative estimate of drug-likeness (QED) is 0.897. The predicted molar refractivity (Wildman–Crippen MR) is 85.1 cm³/mol. The van der Waals surface area contributed by atoms with Crippen molar-refractivity contribution in [2.45, 2.75) is 27.3 Å². The molecular weight excluding hydrogens is 254 g/mol. The molecule has 1 aromatic heterocycles. The summed E-state index contributed by atoms with van der Waals surface area (Å²) in [6.45, 7) is 10.8. The van der Waals surface area contributed by atoms with Crippen molar-refractivity contribution < 1.29 is 0 Å². The van der Waals surface area contributed by atoms with E-state index in [1.54, 1.807) is 0 Å². The summed E-state index contributed by atoms with van der Waals surface area (Å²) in [5.41, 5.74) is 2.47. The fourth-order valence-corrected chi connectivity index (χ4v) is 3.19. The van der Waals surface area contributed by atoms with E-state index in [1.165, 1.54) is 17.1 Å². The Bertz CT molecular complexity index is 400. The Morgan fingerprint density at radius 3 is 2.74 bits per heavy atom. The smallest absolute Gasteiger partial charge is 0.129 e. The highest BCUT2D eigenvalue weighted by Gasteiger charge is 2.13. The van der Waals surface area contributed by atoms with Crippen LogP contribution in [0.25, 0.3) is 0 Å². The van der Waals surface area contributed by atoms with Crippen LogP contribution in [0.1, 0.15) is 25.1 Å². The molecule has 0 aromatic carbocycles. The first-order valence-corrected chi connectivity index (χ1v) is 8.31. The molecule has 1 aliphatic heterocycles. The van der Waals surface area contributed by atoms with Crippen molar-refractivity contribution in [3.63, 3.8) is 0 Å². The van der Waals surface area contributed by atoms with Gasteiger partial charge in [-0.2, -0.15) is 11.8 Å². The third-order valence-corrected chi connectivity index (χ3v) is 4.16. The number of hydrogen-bond donors (Lipinski definition) is 1. The third-order valence-electron chi connectivity index (χ3n) is 3.22. The zero-order valence-electron chi connectivity index (χ0n) is 12.3. The minimum Gasteiger partial charge on any atom is -0.355 e. The Balaban J connectivity index is 2.01. The van der Waals surface area contributed by atoms with Crippen LogP contribution in [0, 0.1) is 12.8 Å². The fraction of sp³-hybridized carbons (Fsp3) is 0.667. The normalized spacial score (nSPS) is 16.1. The molecule has 0 radical (unpaired) electrons. The second-order valence-electron chi connectivity index (χ2n) is 5.60. The van der Waals surface area contributed by atoms with E-state index in [0.717, 1.165) is 37.7 Å². The van der Waals surface area contributed by atoms with E-state index in [-0.39, 0.29) is 0 Å². The van der Waals surface area contributed by atoms with Crippen LogP contribution in [0.5, 0.6) is 0 Å². The first-order chi connectivity index (χ1) is 9.15. The molecule has 1 saturated heterocycles. The number of nitrogens with zero attached hydrogens (tertiary/aromatic N) is 2. The summed E-state index contributed by atoms with van der Waals surface area (Å²) in [4.78, 5) is 7.10. The number of nitrogens with one attached hydrogen (secondary N) is 1. The Kier molecular flexibility index (Phi) is 5.52. The monoisotopic (exact) mass is 279 g/mol. The Labute approximate surface area is 121 Å². The highest BCUT2D eigenvalue weighted by atomic mass is 32.2. The van der Waals surface area contributed by atoms with Crippen LogP contribution in [0.3, 0.4) is 0 Å². The molecule has 0 atom stereocenters. The topological polar surface area (TPSA) is 28.2 Å². The molecule has 2 heterocycles. The highest BCUT2D eigenvalue weighted by Crippen LogP contribution is 2.19. The van der Waals surface area contributed by atoms with Gasteiger partial charge in [0.2, 0.25) is 0 Å². The summed E-state index contributed by atoms with van der Waals surface area (Å²) in [5.74, 6) is 4.29. The molecule has 4 heteroatoms. The van der Waals surface area contributed by atoms with Crippen molar-refractivity contribution in [3.8, 4) is 0 Å². The minimum atomic E-state index is 0.696. The average molecular weight is 279 g/mol. The van der Waals surface area contributed by atoms with Gasteiger partial charge in [-0.3, -0.25) is 0 Å². The zero-order chi connectivity index (χ0) is 13.7. The third kappa shape index (κ3) is 4.69. The lowest BCUT2D eigenvalue weighted by atomic mass is 10.2. The fourth-order valence-electron chi connectivity index (χ4n) is 2.28. The molecule has 106 valence electrons. The number of hydrogen-bond acceptors (Lipinski definition) is 4. The van der Waals surface area contributed by atoms with E-state index in [4.69, 9.17) is 0 Å². The number of aryl methyl sites for hydroxylation is 1. The molecule has 19 heavy (non-hydrogen) atoms. The molecule has 0 saturated carbocycles. The maximum absolute atomic E-state index is 4.69. The first kappa shape index (κ1) is 14.7. The first-order valence-electron chi connectivity index (χ1n) is 7.16. The van der Waals surface area contributed by atoms with Crippen LogP contribution in [0.4, 0.5) is 5.82 Å². The van der Waals surface area contributed by atoms with Gasteiger partial charge in [0, 0.05) is 36.8 Å². The van der Waals surface area contributed by atoms with Crippen molar-refractivity contribution >= 4 is 17.6 Å². The molecule has 1 N–H and O–H groups in total. The minimum absolute atomic E-state index is 0.696. The van der Waals surface area contributed by atoms with Crippen LogP contribution in [-0.4, -0.2) is 36.1 Å². The largest absolute Gasteiger partial charge is 0.355 e. The number of thioether (sulfide) groups is 1. The molecule has 0 unspecified atom stereocenters. The van der Waals surface area contributed by atoms with Crippen molar-refractivity contribution in [2.75, 3.05) is 36.0 Å². The molecule has 0 amide bonds. The van der Waals surface area contributed by atoms with Crippen molar-refractivity contribution in [3.05, 3.63) is 23.4 Å². The lowest BCUT2D eigenvalue weighted by Gasteiger charge is -2.28. The van der Waals surface area contributed by atoms with E-state index in [2.05, 4.69) is 48.1 Å². The highest BCUT2D eigenvalue weighted by molar-refractivity contribution is 7.99. The zero-order valence-corrected chi connectivity index (χ0v) is 13.1. The van der Waals surface area contributed by atoms with E-state index in [1.807, 2.05) is 11.8 Å². The van der Waals surface area contributed by atoms with Crippen molar-refractivity contribution in [2.24, 2.45) is 5.92 Å². The molecule has 2 rings (SSSR count). The lowest BCUT2D eigenvalue weighted by Crippen LogP contribution is -2.33. The molecule has 1 fully saturated rings. The Hall–Kier alpha value is -0.740. The summed E-state index contributed by atoms with van der Waals surface area (Å²) < 4.78 is 0. The standard InChI is InChI=1S/C15H25N3S/c1-12(2)10-16-11-14-8-13(3)17-15(9-14)18-4-6-19-7-5-18/h8-9,12,16H,4-7,10-11H2,1-3H3. The summed E-state index contributed by atoms with van der Waals surface area (Å²) >= 11 is 2.04. The maximum Gasteiger partial charge on any atom is 0.129 e. The van der Waals surface area contributed by atoms with Crippen molar-refractivity contribution in [1.29, 1.82) is 0 Å². The predicted octanol–water partition coefficient (Wildman–Crippen LogP) is 2.69. The van der Waals surface area contributed by atoms with Crippen LogP contribution in [0.2, 0.25) is 0 Å². The Morgan fingerprint density at radius 2 is 2.05 bits per heavy atom. The van der Waals surface area contributed by atoms with Crippen LogP contribution in [0.15, 0.2) is 12.1 Å². The van der Waals surface area contributed by atoms with Gasteiger partial charge in [0.1, 0.15) is 5.82 Å². The van der Waals surface area contributed by atoms with E-state index in [9.17, 15) is 0 Å². The van der Waals surface area contributed by atoms with Gasteiger partial charge >= 0.3 is 0 Å². The van der Waals surface area contributed by atoms with Crippen molar-refractivity contribution in [1.82, 2.24) is 10.3 Å². The van der Waals surface area contributed by atoms with Gasteiger partial charge < -0.3 is 10.2 Å². The van der Waals surface area contributed by atoms with Gasteiger partial charge in [-0.05, 0) is 37.1 Å². The lowest BCUT2D eigenvalue weighted by molar-refractivity contribution is 0.552. The van der Waals surface area contributed by atoms with Crippen LogP contribution >= 0.6 is 11.8 Å². The van der Waals surface area contributed by atoms with Crippen LogP contribution in [-0.2, 0) is 6.54 Å².